The zero-order valence-corrected chi connectivity index (χ0v) is 12.9. The third kappa shape index (κ3) is 3.04. The molecular weight excluding hydrogens is 304 g/mol. The molecule has 19 heavy (non-hydrogen) atoms. The Morgan fingerprint density at radius 2 is 1.95 bits per heavy atom. The van der Waals surface area contributed by atoms with Gasteiger partial charge in [0, 0.05) is 17.1 Å². The molecule has 0 unspecified atom stereocenters. The molecule has 0 radical (unpaired) electrons. The van der Waals surface area contributed by atoms with E-state index in [9.17, 15) is 0 Å². The molecule has 2 rings (SSSR count). The van der Waals surface area contributed by atoms with Crippen LogP contribution in [-0.2, 0) is 6.42 Å². The highest BCUT2D eigenvalue weighted by Gasteiger charge is 2.10. The van der Waals surface area contributed by atoms with E-state index in [0.717, 1.165) is 33.8 Å². The molecule has 0 aliphatic rings. The van der Waals surface area contributed by atoms with Crippen molar-refractivity contribution in [3.8, 4) is 0 Å². The van der Waals surface area contributed by atoms with Crippen LogP contribution in [0.5, 0.6) is 0 Å². The topological polar surface area (TPSA) is 49.8 Å². The summed E-state index contributed by atoms with van der Waals surface area (Å²) in [7, 11) is 1.87. The number of aryl methyl sites for hydroxylation is 1. The Labute approximate surface area is 121 Å². The molecule has 0 saturated carbocycles. The molecule has 100 valence electrons. The van der Waals surface area contributed by atoms with Gasteiger partial charge in [-0.15, -0.1) is 0 Å². The van der Waals surface area contributed by atoms with Crippen molar-refractivity contribution in [1.29, 1.82) is 0 Å². The molecule has 0 bridgehead atoms. The standard InChI is InChI=1S/C14H17BrN4/c1-4-10-13(16-3)17-8-18-14(10)19-12-6-5-9(2)7-11(12)15/h5-8H,4H2,1-3H3,(H2,16,17,18,19). The molecule has 0 aliphatic heterocycles. The van der Waals surface area contributed by atoms with Crippen LogP contribution in [0, 0.1) is 6.92 Å². The second-order valence-corrected chi connectivity index (χ2v) is 5.12. The summed E-state index contributed by atoms with van der Waals surface area (Å²) in [6.45, 7) is 4.16. The fourth-order valence-electron chi connectivity index (χ4n) is 1.92. The second-order valence-electron chi connectivity index (χ2n) is 4.26. The van der Waals surface area contributed by atoms with Crippen LogP contribution in [0.25, 0.3) is 0 Å². The molecule has 1 aromatic heterocycles. The number of hydrogen-bond donors (Lipinski definition) is 2. The highest BCUT2D eigenvalue weighted by molar-refractivity contribution is 9.10. The van der Waals surface area contributed by atoms with Gasteiger partial charge in [0.05, 0.1) is 5.69 Å². The quantitative estimate of drug-likeness (QED) is 0.897. The lowest BCUT2D eigenvalue weighted by Crippen LogP contribution is -2.05. The summed E-state index contributed by atoms with van der Waals surface area (Å²) in [5, 5.41) is 6.45. The van der Waals surface area contributed by atoms with E-state index in [1.54, 1.807) is 6.33 Å². The normalized spacial score (nSPS) is 10.3. The van der Waals surface area contributed by atoms with Gasteiger partial charge in [-0.1, -0.05) is 13.0 Å². The average Bonchev–Trinajstić information content (AvgIpc) is 2.41. The first kappa shape index (κ1) is 13.8. The summed E-state index contributed by atoms with van der Waals surface area (Å²) < 4.78 is 1.03. The highest BCUT2D eigenvalue weighted by Crippen LogP contribution is 2.29. The predicted octanol–water partition coefficient (Wildman–Crippen LogP) is 3.90. The van der Waals surface area contributed by atoms with Crippen LogP contribution in [0.15, 0.2) is 29.0 Å². The second kappa shape index (κ2) is 6.02. The lowest BCUT2D eigenvalue weighted by Gasteiger charge is -2.14. The number of anilines is 3. The number of nitrogens with one attached hydrogen (secondary N) is 2. The Kier molecular flexibility index (Phi) is 4.37. The summed E-state index contributed by atoms with van der Waals surface area (Å²) in [4.78, 5) is 8.57. The number of aromatic nitrogens is 2. The molecule has 2 aromatic rings. The predicted molar refractivity (Wildman–Crippen MR) is 83.1 cm³/mol. The minimum Gasteiger partial charge on any atom is -0.373 e. The fraction of sp³-hybridized carbons (Fsp3) is 0.286. The van der Waals surface area contributed by atoms with Crippen molar-refractivity contribution >= 4 is 33.3 Å². The first-order valence-corrected chi connectivity index (χ1v) is 6.99. The maximum atomic E-state index is 4.33. The number of benzene rings is 1. The number of halogens is 1. The van der Waals surface area contributed by atoms with Crippen molar-refractivity contribution in [2.45, 2.75) is 20.3 Å². The molecule has 0 aliphatic carbocycles. The van der Waals surface area contributed by atoms with E-state index >= 15 is 0 Å². The van der Waals surface area contributed by atoms with Gasteiger partial charge in [-0.25, -0.2) is 9.97 Å². The molecule has 2 N–H and O–H groups in total. The van der Waals surface area contributed by atoms with Gasteiger partial charge in [0.1, 0.15) is 18.0 Å². The van der Waals surface area contributed by atoms with Gasteiger partial charge >= 0.3 is 0 Å². The molecular formula is C14H17BrN4. The Morgan fingerprint density at radius 3 is 2.58 bits per heavy atom. The Morgan fingerprint density at radius 1 is 1.21 bits per heavy atom. The highest BCUT2D eigenvalue weighted by atomic mass is 79.9. The smallest absolute Gasteiger partial charge is 0.139 e. The Balaban J connectivity index is 2.37. The maximum Gasteiger partial charge on any atom is 0.139 e. The van der Waals surface area contributed by atoms with E-state index in [-0.39, 0.29) is 0 Å². The van der Waals surface area contributed by atoms with E-state index in [0.29, 0.717) is 0 Å². The van der Waals surface area contributed by atoms with Crippen molar-refractivity contribution in [3.05, 3.63) is 40.1 Å². The van der Waals surface area contributed by atoms with Gasteiger partial charge < -0.3 is 10.6 Å². The Hall–Kier alpha value is -1.62. The summed E-state index contributed by atoms with van der Waals surface area (Å²) in [5.41, 5.74) is 3.30. The third-order valence-electron chi connectivity index (χ3n) is 2.91. The zero-order chi connectivity index (χ0) is 13.8. The SMILES string of the molecule is CCc1c(NC)ncnc1Nc1ccc(C)cc1Br. The molecule has 0 spiro atoms. The molecule has 1 aromatic carbocycles. The zero-order valence-electron chi connectivity index (χ0n) is 11.3. The van der Waals surface area contributed by atoms with E-state index in [1.807, 2.05) is 13.1 Å². The largest absolute Gasteiger partial charge is 0.373 e. The van der Waals surface area contributed by atoms with Crippen LogP contribution < -0.4 is 10.6 Å². The van der Waals surface area contributed by atoms with Crippen LogP contribution >= 0.6 is 15.9 Å². The van der Waals surface area contributed by atoms with E-state index in [4.69, 9.17) is 0 Å². The van der Waals surface area contributed by atoms with Crippen molar-refractivity contribution in [1.82, 2.24) is 9.97 Å². The third-order valence-corrected chi connectivity index (χ3v) is 3.57. The minimum atomic E-state index is 0.839. The van der Waals surface area contributed by atoms with Gasteiger partial charge in [-0.3, -0.25) is 0 Å². The van der Waals surface area contributed by atoms with E-state index in [1.165, 1.54) is 5.56 Å². The van der Waals surface area contributed by atoms with Gasteiger partial charge in [-0.05, 0) is 47.0 Å². The summed E-state index contributed by atoms with van der Waals surface area (Å²) in [5.74, 6) is 1.70. The molecule has 0 fully saturated rings. The van der Waals surface area contributed by atoms with Crippen molar-refractivity contribution < 1.29 is 0 Å². The molecule has 0 atom stereocenters. The van der Waals surface area contributed by atoms with Crippen LogP contribution in [-0.4, -0.2) is 17.0 Å². The number of nitrogens with zero attached hydrogens (tertiary/aromatic N) is 2. The molecule has 5 heteroatoms. The average molecular weight is 321 g/mol. The summed E-state index contributed by atoms with van der Waals surface area (Å²) in [6.07, 6.45) is 2.43. The van der Waals surface area contributed by atoms with Gasteiger partial charge in [0.15, 0.2) is 0 Å². The lowest BCUT2D eigenvalue weighted by atomic mass is 10.2. The van der Waals surface area contributed by atoms with Crippen LogP contribution in [0.4, 0.5) is 17.3 Å². The minimum absolute atomic E-state index is 0.839. The van der Waals surface area contributed by atoms with Crippen LogP contribution in [0.1, 0.15) is 18.1 Å². The van der Waals surface area contributed by atoms with Gasteiger partial charge in [-0.2, -0.15) is 0 Å². The molecule has 0 amide bonds. The molecule has 0 saturated heterocycles. The molecule has 1 heterocycles. The maximum absolute atomic E-state index is 4.33. The van der Waals surface area contributed by atoms with Gasteiger partial charge in [0.25, 0.3) is 0 Å². The number of rotatable bonds is 4. The fourth-order valence-corrected chi connectivity index (χ4v) is 2.51. The summed E-state index contributed by atoms with van der Waals surface area (Å²) >= 11 is 3.57. The van der Waals surface area contributed by atoms with Gasteiger partial charge in [0.2, 0.25) is 0 Å². The monoisotopic (exact) mass is 320 g/mol. The van der Waals surface area contributed by atoms with E-state index < -0.39 is 0 Å². The first-order valence-electron chi connectivity index (χ1n) is 6.20. The summed E-state index contributed by atoms with van der Waals surface area (Å²) in [6, 6.07) is 6.19. The van der Waals surface area contributed by atoms with Crippen molar-refractivity contribution in [3.63, 3.8) is 0 Å². The lowest BCUT2D eigenvalue weighted by molar-refractivity contribution is 1.05. The number of hydrogen-bond acceptors (Lipinski definition) is 4. The first-order chi connectivity index (χ1) is 9.15. The van der Waals surface area contributed by atoms with E-state index in [2.05, 4.69) is 62.5 Å². The van der Waals surface area contributed by atoms with Crippen molar-refractivity contribution in [2.75, 3.05) is 17.7 Å². The van der Waals surface area contributed by atoms with Crippen LogP contribution in [0.3, 0.4) is 0 Å². The van der Waals surface area contributed by atoms with Crippen molar-refractivity contribution in [2.24, 2.45) is 0 Å². The van der Waals surface area contributed by atoms with Crippen LogP contribution in [0.2, 0.25) is 0 Å². The molecule has 4 nitrogen and oxygen atoms in total. The Bertz CT molecular complexity index is 584.